The minimum Gasteiger partial charge on any atom is -0.328 e. The van der Waals surface area contributed by atoms with E-state index in [9.17, 15) is 14.9 Å². The van der Waals surface area contributed by atoms with Crippen molar-refractivity contribution in [2.75, 3.05) is 18.9 Å². The molecule has 1 saturated carbocycles. The number of pyridine rings is 1. The Kier molecular flexibility index (Phi) is 3.94. The van der Waals surface area contributed by atoms with E-state index in [0.29, 0.717) is 6.54 Å². The molecule has 19 heavy (non-hydrogen) atoms. The number of hydrogen-bond donors (Lipinski definition) is 1. The maximum Gasteiger partial charge on any atom is 0.321 e. The van der Waals surface area contributed by atoms with Crippen LogP contribution in [0.5, 0.6) is 0 Å². The van der Waals surface area contributed by atoms with Gasteiger partial charge in [0, 0.05) is 19.8 Å². The van der Waals surface area contributed by atoms with Crippen LogP contribution in [0.2, 0.25) is 0 Å². The summed E-state index contributed by atoms with van der Waals surface area (Å²) in [5.74, 6) is 0.741. The number of carbonyl (C=O) groups excluding carboxylic acids is 1. The molecule has 0 aliphatic heterocycles. The topological polar surface area (TPSA) is 88.4 Å². The van der Waals surface area contributed by atoms with Gasteiger partial charge in [-0.25, -0.2) is 4.79 Å². The summed E-state index contributed by atoms with van der Waals surface area (Å²) >= 11 is 0. The van der Waals surface area contributed by atoms with E-state index in [0.717, 1.165) is 18.5 Å². The van der Waals surface area contributed by atoms with Crippen molar-refractivity contribution >= 4 is 17.4 Å². The highest BCUT2D eigenvalue weighted by atomic mass is 16.6. The van der Waals surface area contributed by atoms with E-state index in [1.165, 1.54) is 25.1 Å². The van der Waals surface area contributed by atoms with Crippen LogP contribution in [0.3, 0.4) is 0 Å². The molecule has 0 bridgehead atoms. The molecule has 0 radical (unpaired) electrons. The highest BCUT2D eigenvalue weighted by Crippen LogP contribution is 2.32. The van der Waals surface area contributed by atoms with E-state index < -0.39 is 4.92 Å². The summed E-state index contributed by atoms with van der Waals surface area (Å²) in [5.41, 5.74) is -0.0327. The monoisotopic (exact) mass is 264 g/mol. The van der Waals surface area contributed by atoms with Gasteiger partial charge in [0.25, 0.3) is 0 Å². The molecule has 0 atom stereocenters. The first-order valence-electron chi connectivity index (χ1n) is 6.18. The number of nitro groups is 1. The summed E-state index contributed by atoms with van der Waals surface area (Å²) in [6.07, 6.45) is 6.01. The van der Waals surface area contributed by atoms with E-state index >= 15 is 0 Å². The van der Waals surface area contributed by atoms with Gasteiger partial charge in [0.15, 0.2) is 0 Å². The van der Waals surface area contributed by atoms with Gasteiger partial charge in [-0.05, 0) is 18.4 Å². The molecule has 0 aromatic carbocycles. The Bertz CT molecular complexity index is 488. The molecule has 2 rings (SSSR count). The number of urea groups is 1. The van der Waals surface area contributed by atoms with Crippen LogP contribution in [-0.4, -0.2) is 34.4 Å². The minimum absolute atomic E-state index is 0.170. The van der Waals surface area contributed by atoms with Crippen molar-refractivity contribution in [3.8, 4) is 0 Å². The first kappa shape index (κ1) is 13.3. The summed E-state index contributed by atoms with van der Waals surface area (Å²) in [7, 11) is 1.69. The molecule has 0 spiro atoms. The zero-order chi connectivity index (χ0) is 13.8. The van der Waals surface area contributed by atoms with Crippen molar-refractivity contribution < 1.29 is 9.72 Å². The molecule has 1 aromatic rings. The Labute approximate surface area is 110 Å². The zero-order valence-electron chi connectivity index (χ0n) is 10.7. The lowest BCUT2D eigenvalue weighted by Gasteiger charge is -2.17. The average molecular weight is 264 g/mol. The van der Waals surface area contributed by atoms with Crippen LogP contribution >= 0.6 is 0 Å². The van der Waals surface area contributed by atoms with E-state index in [4.69, 9.17) is 0 Å². The first-order chi connectivity index (χ1) is 9.08. The Hall–Kier alpha value is -2.18. The SMILES string of the molecule is CN(CCC1CC1)C(=O)Nc1ccncc1[N+](=O)[O-]. The van der Waals surface area contributed by atoms with Gasteiger partial charge in [-0.15, -0.1) is 0 Å². The molecule has 0 unspecified atom stereocenters. The van der Waals surface area contributed by atoms with Gasteiger partial charge in [0.1, 0.15) is 11.9 Å². The molecule has 1 fully saturated rings. The highest BCUT2D eigenvalue weighted by molar-refractivity contribution is 5.91. The molecule has 7 heteroatoms. The van der Waals surface area contributed by atoms with Crippen molar-refractivity contribution in [3.63, 3.8) is 0 Å². The molecular weight excluding hydrogens is 248 g/mol. The molecule has 1 N–H and O–H groups in total. The van der Waals surface area contributed by atoms with Gasteiger partial charge in [-0.3, -0.25) is 15.1 Å². The van der Waals surface area contributed by atoms with Gasteiger partial charge in [-0.1, -0.05) is 12.8 Å². The lowest BCUT2D eigenvalue weighted by atomic mass is 10.3. The number of aromatic nitrogens is 1. The molecule has 102 valence electrons. The Morgan fingerprint density at radius 2 is 2.37 bits per heavy atom. The minimum atomic E-state index is -0.563. The van der Waals surface area contributed by atoms with Gasteiger partial charge < -0.3 is 10.2 Å². The predicted octanol–water partition coefficient (Wildman–Crippen LogP) is 2.25. The number of rotatable bonds is 5. The average Bonchev–Trinajstić information content (AvgIpc) is 3.20. The molecular formula is C12H16N4O3. The fraction of sp³-hybridized carbons (Fsp3) is 0.500. The maximum absolute atomic E-state index is 11.9. The van der Waals surface area contributed by atoms with Gasteiger partial charge in [-0.2, -0.15) is 0 Å². The van der Waals surface area contributed by atoms with E-state index in [-0.39, 0.29) is 17.4 Å². The van der Waals surface area contributed by atoms with E-state index in [1.807, 2.05) is 0 Å². The number of hydrogen-bond acceptors (Lipinski definition) is 4. The molecule has 1 heterocycles. The van der Waals surface area contributed by atoms with Crippen LogP contribution in [0, 0.1) is 16.0 Å². The largest absolute Gasteiger partial charge is 0.328 e. The van der Waals surface area contributed by atoms with Crippen LogP contribution in [0.4, 0.5) is 16.2 Å². The highest BCUT2D eigenvalue weighted by Gasteiger charge is 2.23. The van der Waals surface area contributed by atoms with E-state index in [2.05, 4.69) is 10.3 Å². The van der Waals surface area contributed by atoms with Crippen molar-refractivity contribution in [3.05, 3.63) is 28.6 Å². The second-order valence-electron chi connectivity index (χ2n) is 4.73. The standard InChI is InChI=1S/C12H16N4O3/c1-15(7-5-9-2-3-9)12(17)14-10-4-6-13-8-11(10)16(18)19/h4,6,8-9H,2-3,5,7H2,1H3,(H,13,14,17). The molecule has 7 nitrogen and oxygen atoms in total. The second kappa shape index (κ2) is 5.64. The van der Waals surface area contributed by atoms with Crippen molar-refractivity contribution in [2.24, 2.45) is 5.92 Å². The Morgan fingerprint density at radius 1 is 1.63 bits per heavy atom. The Morgan fingerprint density at radius 3 is 3.00 bits per heavy atom. The number of nitrogens with zero attached hydrogens (tertiary/aromatic N) is 3. The van der Waals surface area contributed by atoms with Crippen LogP contribution in [-0.2, 0) is 0 Å². The van der Waals surface area contributed by atoms with Crippen molar-refractivity contribution in [1.82, 2.24) is 9.88 Å². The normalized spacial score (nSPS) is 13.9. The van der Waals surface area contributed by atoms with Crippen LogP contribution in [0.25, 0.3) is 0 Å². The quantitative estimate of drug-likeness (QED) is 0.652. The molecule has 0 saturated heterocycles. The molecule has 2 amide bonds. The fourth-order valence-electron chi connectivity index (χ4n) is 1.73. The van der Waals surface area contributed by atoms with Gasteiger partial charge in [0.05, 0.1) is 4.92 Å². The fourth-order valence-corrected chi connectivity index (χ4v) is 1.73. The smallest absolute Gasteiger partial charge is 0.321 e. The van der Waals surface area contributed by atoms with Crippen molar-refractivity contribution in [1.29, 1.82) is 0 Å². The van der Waals surface area contributed by atoms with Crippen molar-refractivity contribution in [2.45, 2.75) is 19.3 Å². The summed E-state index contributed by atoms with van der Waals surface area (Å²) in [6.45, 7) is 0.662. The third-order valence-electron chi connectivity index (χ3n) is 3.15. The number of amides is 2. The lowest BCUT2D eigenvalue weighted by Crippen LogP contribution is -2.32. The van der Waals surface area contributed by atoms with Crippen LogP contribution in [0.1, 0.15) is 19.3 Å². The summed E-state index contributed by atoms with van der Waals surface area (Å²) in [6, 6.07) is 1.08. The zero-order valence-corrected chi connectivity index (χ0v) is 10.7. The summed E-state index contributed by atoms with van der Waals surface area (Å²) < 4.78 is 0. The van der Waals surface area contributed by atoms with Gasteiger partial charge >= 0.3 is 11.7 Å². The maximum atomic E-state index is 11.9. The molecule has 1 aromatic heterocycles. The lowest BCUT2D eigenvalue weighted by molar-refractivity contribution is -0.384. The second-order valence-corrected chi connectivity index (χ2v) is 4.73. The summed E-state index contributed by atoms with van der Waals surface area (Å²) in [4.78, 5) is 27.4. The number of anilines is 1. The summed E-state index contributed by atoms with van der Waals surface area (Å²) in [5, 5.41) is 13.3. The number of carbonyl (C=O) groups is 1. The predicted molar refractivity (Wildman–Crippen MR) is 69.9 cm³/mol. The van der Waals surface area contributed by atoms with Gasteiger partial charge in [0.2, 0.25) is 0 Å². The van der Waals surface area contributed by atoms with Crippen LogP contribution in [0.15, 0.2) is 18.5 Å². The Balaban J connectivity index is 1.95. The van der Waals surface area contributed by atoms with E-state index in [1.54, 1.807) is 11.9 Å². The first-order valence-corrected chi connectivity index (χ1v) is 6.18. The number of nitrogens with one attached hydrogen (secondary N) is 1. The third-order valence-corrected chi connectivity index (χ3v) is 3.15. The third kappa shape index (κ3) is 3.64. The van der Waals surface area contributed by atoms with Crippen LogP contribution < -0.4 is 5.32 Å². The molecule has 1 aliphatic carbocycles. The molecule has 1 aliphatic rings.